The van der Waals surface area contributed by atoms with E-state index in [0.717, 1.165) is 17.0 Å². The largest absolute Gasteiger partial charge is 0.343 e. The minimum absolute atomic E-state index is 0.140. The summed E-state index contributed by atoms with van der Waals surface area (Å²) in [4.78, 5) is 14.4. The van der Waals surface area contributed by atoms with Crippen molar-refractivity contribution in [3.8, 4) is 0 Å². The molecule has 1 aromatic carbocycles. The Hall–Kier alpha value is -2.96. The topological polar surface area (TPSA) is 77.6 Å². The molecule has 124 valence electrons. The monoisotopic (exact) mass is 324 g/mol. The summed E-state index contributed by atoms with van der Waals surface area (Å²) in [5.74, 6) is -0.140. The van der Waals surface area contributed by atoms with Gasteiger partial charge in [-0.1, -0.05) is 30.3 Å². The zero-order valence-electron chi connectivity index (χ0n) is 14.0. The maximum Gasteiger partial charge on any atom is 0.255 e. The molecule has 0 saturated carbocycles. The number of carbonyl (C=O) groups is 1. The number of rotatable bonds is 5. The van der Waals surface area contributed by atoms with Gasteiger partial charge in [0, 0.05) is 12.7 Å². The Morgan fingerprint density at radius 2 is 1.83 bits per heavy atom. The number of aromatic nitrogens is 5. The van der Waals surface area contributed by atoms with Crippen molar-refractivity contribution in [2.45, 2.75) is 26.4 Å². The van der Waals surface area contributed by atoms with Gasteiger partial charge in [0.15, 0.2) is 0 Å². The van der Waals surface area contributed by atoms with E-state index in [0.29, 0.717) is 12.1 Å². The van der Waals surface area contributed by atoms with Crippen molar-refractivity contribution in [3.63, 3.8) is 0 Å². The third-order valence-electron chi connectivity index (χ3n) is 4.06. The van der Waals surface area contributed by atoms with Gasteiger partial charge in [0.05, 0.1) is 36.2 Å². The molecule has 0 bridgehead atoms. The van der Waals surface area contributed by atoms with E-state index in [4.69, 9.17) is 0 Å². The van der Waals surface area contributed by atoms with Gasteiger partial charge in [-0.05, 0) is 19.4 Å². The van der Waals surface area contributed by atoms with E-state index in [2.05, 4.69) is 20.6 Å². The molecule has 3 aromatic rings. The number of amides is 1. The van der Waals surface area contributed by atoms with Crippen molar-refractivity contribution >= 4 is 5.91 Å². The molecule has 0 saturated heterocycles. The highest BCUT2D eigenvalue weighted by Gasteiger charge is 2.22. The highest BCUT2D eigenvalue weighted by Crippen LogP contribution is 2.18. The molecule has 0 aliphatic rings. The van der Waals surface area contributed by atoms with Crippen molar-refractivity contribution in [1.82, 2.24) is 30.1 Å². The first-order valence-electron chi connectivity index (χ1n) is 7.76. The predicted octanol–water partition coefficient (Wildman–Crippen LogP) is 1.80. The Balaban J connectivity index is 1.87. The maximum atomic E-state index is 12.8. The van der Waals surface area contributed by atoms with Gasteiger partial charge in [-0.2, -0.15) is 20.1 Å². The second-order valence-corrected chi connectivity index (χ2v) is 5.69. The van der Waals surface area contributed by atoms with E-state index in [1.807, 2.05) is 51.2 Å². The Bertz CT molecular complexity index is 822. The van der Waals surface area contributed by atoms with Crippen LogP contribution in [0.5, 0.6) is 0 Å². The third kappa shape index (κ3) is 3.19. The van der Waals surface area contributed by atoms with Crippen LogP contribution in [0.4, 0.5) is 0 Å². The van der Waals surface area contributed by atoms with E-state index < -0.39 is 0 Å². The number of hydrogen-bond acceptors (Lipinski definition) is 4. The highest BCUT2D eigenvalue weighted by molar-refractivity contribution is 5.96. The van der Waals surface area contributed by atoms with Gasteiger partial charge in [-0.25, -0.2) is 0 Å². The Morgan fingerprint density at radius 3 is 2.42 bits per heavy atom. The molecule has 0 fully saturated rings. The molecule has 2 aromatic heterocycles. The lowest BCUT2D eigenvalue weighted by atomic mass is 10.1. The first-order valence-corrected chi connectivity index (χ1v) is 7.76. The second-order valence-electron chi connectivity index (χ2n) is 5.69. The van der Waals surface area contributed by atoms with Crippen LogP contribution < -0.4 is 5.32 Å². The lowest BCUT2D eigenvalue weighted by Crippen LogP contribution is -2.32. The van der Waals surface area contributed by atoms with Gasteiger partial charge in [-0.15, -0.1) is 0 Å². The fourth-order valence-electron chi connectivity index (χ4n) is 2.75. The van der Waals surface area contributed by atoms with Crippen LogP contribution in [0.1, 0.15) is 33.4 Å². The van der Waals surface area contributed by atoms with Gasteiger partial charge in [0.2, 0.25) is 0 Å². The fraction of sp³-hybridized carbons (Fsp3) is 0.294. The summed E-state index contributed by atoms with van der Waals surface area (Å²) < 4.78 is 1.72. The first kappa shape index (κ1) is 15.9. The summed E-state index contributed by atoms with van der Waals surface area (Å²) in [5, 5.41) is 15.7. The lowest BCUT2D eigenvalue weighted by molar-refractivity contribution is 0.0929. The molecular weight excluding hydrogens is 304 g/mol. The number of nitrogens with one attached hydrogen (secondary N) is 1. The molecule has 0 radical (unpaired) electrons. The fourth-order valence-corrected chi connectivity index (χ4v) is 2.75. The molecule has 1 amide bonds. The number of nitrogens with zero attached hydrogens (tertiary/aromatic N) is 5. The van der Waals surface area contributed by atoms with Crippen LogP contribution in [-0.2, 0) is 13.6 Å². The molecule has 0 aliphatic carbocycles. The van der Waals surface area contributed by atoms with Crippen molar-refractivity contribution in [2.75, 3.05) is 0 Å². The predicted molar refractivity (Wildman–Crippen MR) is 89.4 cm³/mol. The second kappa shape index (κ2) is 6.66. The molecule has 24 heavy (non-hydrogen) atoms. The molecule has 3 rings (SSSR count). The van der Waals surface area contributed by atoms with E-state index in [-0.39, 0.29) is 11.9 Å². The van der Waals surface area contributed by atoms with E-state index >= 15 is 0 Å². The quantitative estimate of drug-likeness (QED) is 0.776. The third-order valence-corrected chi connectivity index (χ3v) is 4.06. The molecular formula is C17H20N6O. The van der Waals surface area contributed by atoms with Crippen molar-refractivity contribution < 1.29 is 4.79 Å². The standard InChI is InChI=1S/C17H20N6O/c1-12-16(13(2)22(3)21-12)17(24)20-15(11-23-18-9-10-19-23)14-7-5-4-6-8-14/h4-10,15H,11H2,1-3H3,(H,20,24). The van der Waals surface area contributed by atoms with Crippen LogP contribution in [0.2, 0.25) is 0 Å². The molecule has 1 unspecified atom stereocenters. The SMILES string of the molecule is Cc1nn(C)c(C)c1C(=O)NC(Cn1nccn1)c1ccccc1. The van der Waals surface area contributed by atoms with Crippen LogP contribution in [0.3, 0.4) is 0 Å². The van der Waals surface area contributed by atoms with Gasteiger partial charge >= 0.3 is 0 Å². The van der Waals surface area contributed by atoms with Crippen LogP contribution in [-0.4, -0.2) is 30.7 Å². The number of carbonyl (C=O) groups excluding carboxylic acids is 1. The minimum Gasteiger partial charge on any atom is -0.343 e. The smallest absolute Gasteiger partial charge is 0.255 e. The molecule has 7 nitrogen and oxygen atoms in total. The summed E-state index contributed by atoms with van der Waals surface area (Å²) in [6.07, 6.45) is 3.25. The summed E-state index contributed by atoms with van der Waals surface area (Å²) in [5.41, 5.74) is 3.18. The van der Waals surface area contributed by atoms with Crippen LogP contribution >= 0.6 is 0 Å². The Labute approximate surface area is 140 Å². The number of benzene rings is 1. The highest BCUT2D eigenvalue weighted by atomic mass is 16.1. The Kier molecular flexibility index (Phi) is 4.41. The normalized spacial score (nSPS) is 12.1. The number of hydrogen-bond donors (Lipinski definition) is 1. The molecule has 2 heterocycles. The van der Waals surface area contributed by atoms with Crippen molar-refractivity contribution in [3.05, 3.63) is 65.2 Å². The van der Waals surface area contributed by atoms with Gasteiger partial charge in [0.1, 0.15) is 0 Å². The maximum absolute atomic E-state index is 12.8. The van der Waals surface area contributed by atoms with Gasteiger partial charge in [-0.3, -0.25) is 9.48 Å². The summed E-state index contributed by atoms with van der Waals surface area (Å²) in [6, 6.07) is 9.58. The van der Waals surface area contributed by atoms with Crippen LogP contribution in [0, 0.1) is 13.8 Å². The molecule has 1 atom stereocenters. The average molecular weight is 324 g/mol. The van der Waals surface area contributed by atoms with Gasteiger partial charge in [0.25, 0.3) is 5.91 Å². The molecule has 0 aliphatic heterocycles. The van der Waals surface area contributed by atoms with Gasteiger partial charge < -0.3 is 5.32 Å². The zero-order valence-corrected chi connectivity index (χ0v) is 14.0. The van der Waals surface area contributed by atoms with E-state index in [1.54, 1.807) is 21.9 Å². The number of aryl methyl sites for hydroxylation is 2. The Morgan fingerprint density at radius 1 is 1.17 bits per heavy atom. The van der Waals surface area contributed by atoms with Crippen LogP contribution in [0.25, 0.3) is 0 Å². The lowest BCUT2D eigenvalue weighted by Gasteiger charge is -2.19. The zero-order chi connectivity index (χ0) is 17.1. The average Bonchev–Trinajstić information content (AvgIpc) is 3.16. The van der Waals surface area contributed by atoms with Crippen molar-refractivity contribution in [1.29, 1.82) is 0 Å². The van der Waals surface area contributed by atoms with E-state index in [1.165, 1.54) is 0 Å². The summed E-state index contributed by atoms with van der Waals surface area (Å²) in [7, 11) is 1.83. The molecule has 0 spiro atoms. The van der Waals surface area contributed by atoms with Crippen molar-refractivity contribution in [2.24, 2.45) is 7.05 Å². The van der Waals surface area contributed by atoms with E-state index in [9.17, 15) is 4.79 Å². The minimum atomic E-state index is -0.231. The molecule has 7 heteroatoms. The summed E-state index contributed by atoms with van der Waals surface area (Å²) in [6.45, 7) is 4.19. The molecule has 1 N–H and O–H groups in total. The summed E-state index contributed by atoms with van der Waals surface area (Å²) >= 11 is 0. The first-order chi connectivity index (χ1) is 11.6. The van der Waals surface area contributed by atoms with Crippen LogP contribution in [0.15, 0.2) is 42.7 Å².